The molecule has 1 aromatic heterocycles. The molecule has 0 radical (unpaired) electrons. The highest BCUT2D eigenvalue weighted by Gasteiger charge is 2.14. The number of nitrogens with zero attached hydrogens (tertiary/aromatic N) is 1. The van der Waals surface area contributed by atoms with Crippen molar-refractivity contribution in [1.29, 1.82) is 0 Å². The number of rotatable bonds is 5. The van der Waals surface area contributed by atoms with Crippen molar-refractivity contribution in [2.24, 2.45) is 0 Å². The first-order valence-corrected chi connectivity index (χ1v) is 6.77. The van der Waals surface area contributed by atoms with Crippen molar-refractivity contribution in [3.8, 4) is 21.9 Å². The maximum absolute atomic E-state index is 5.38. The molecule has 3 rings (SSSR count). The summed E-state index contributed by atoms with van der Waals surface area (Å²) in [5, 5.41) is 4.11. The molecule has 6 heteroatoms. The summed E-state index contributed by atoms with van der Waals surface area (Å²) in [5.74, 6) is 1.59. The van der Waals surface area contributed by atoms with Gasteiger partial charge in [-0.15, -0.1) is 0 Å². The lowest BCUT2D eigenvalue weighted by Crippen LogP contribution is -2.06. The number of benzene rings is 1. The molecule has 2 aromatic rings. The number of hydrogen-bond donors (Lipinski definition) is 1. The lowest BCUT2D eigenvalue weighted by Gasteiger charge is -2.00. The van der Waals surface area contributed by atoms with Gasteiger partial charge >= 0.3 is 0 Å². The maximum Gasteiger partial charge on any atom is 0.231 e. The largest absolute Gasteiger partial charge is 0.454 e. The number of aromatic nitrogens is 1. The average Bonchev–Trinajstić information content (AvgIpc) is 3.06. The van der Waals surface area contributed by atoms with Crippen LogP contribution in [0, 0.1) is 0 Å². The van der Waals surface area contributed by atoms with Crippen LogP contribution < -0.4 is 14.8 Å². The molecule has 1 aliphatic rings. The Morgan fingerprint density at radius 1 is 1.37 bits per heavy atom. The fraction of sp³-hybridized carbons (Fsp3) is 0.308. The summed E-state index contributed by atoms with van der Waals surface area (Å²) >= 11 is 1.61. The zero-order valence-corrected chi connectivity index (χ0v) is 11.3. The molecule has 0 amide bonds. The molecule has 1 aromatic carbocycles. The molecule has 0 saturated heterocycles. The monoisotopic (exact) mass is 278 g/mol. The van der Waals surface area contributed by atoms with Gasteiger partial charge in [0.2, 0.25) is 6.79 Å². The maximum atomic E-state index is 5.38. The zero-order valence-electron chi connectivity index (χ0n) is 10.5. The summed E-state index contributed by atoms with van der Waals surface area (Å²) in [6, 6.07) is 5.92. The van der Waals surface area contributed by atoms with Gasteiger partial charge < -0.3 is 19.5 Å². The minimum absolute atomic E-state index is 0.297. The third kappa shape index (κ3) is 2.64. The summed E-state index contributed by atoms with van der Waals surface area (Å²) < 4.78 is 15.7. The highest BCUT2D eigenvalue weighted by atomic mass is 32.1. The van der Waals surface area contributed by atoms with Crippen LogP contribution in [0.4, 0.5) is 5.13 Å². The van der Waals surface area contributed by atoms with Crippen LogP contribution in [0.25, 0.3) is 10.4 Å². The van der Waals surface area contributed by atoms with Crippen molar-refractivity contribution in [1.82, 2.24) is 4.98 Å². The van der Waals surface area contributed by atoms with Gasteiger partial charge in [0, 0.05) is 19.9 Å². The quantitative estimate of drug-likeness (QED) is 0.852. The first-order valence-electron chi connectivity index (χ1n) is 5.95. The van der Waals surface area contributed by atoms with Crippen LogP contribution in [0.1, 0.15) is 0 Å². The summed E-state index contributed by atoms with van der Waals surface area (Å²) in [5.41, 5.74) is 1.08. The third-order valence-electron chi connectivity index (χ3n) is 2.75. The van der Waals surface area contributed by atoms with E-state index < -0.39 is 0 Å². The Morgan fingerprint density at radius 2 is 2.26 bits per heavy atom. The third-order valence-corrected chi connectivity index (χ3v) is 3.75. The Kier molecular flexibility index (Phi) is 3.52. The molecule has 0 saturated carbocycles. The summed E-state index contributed by atoms with van der Waals surface area (Å²) in [6.45, 7) is 1.72. The summed E-state index contributed by atoms with van der Waals surface area (Å²) in [6.07, 6.45) is 1.86. The normalized spacial score (nSPS) is 12.7. The standard InChI is InChI=1S/C13H14N2O3S/c1-16-5-4-14-13-15-7-12(19-13)9-2-3-10-11(6-9)18-8-17-10/h2-3,6-7H,4-5,8H2,1H3,(H,14,15). The lowest BCUT2D eigenvalue weighted by atomic mass is 10.2. The van der Waals surface area contributed by atoms with Crippen molar-refractivity contribution >= 4 is 16.5 Å². The van der Waals surface area contributed by atoms with Gasteiger partial charge in [-0.2, -0.15) is 0 Å². The molecule has 1 N–H and O–H groups in total. The van der Waals surface area contributed by atoms with Gasteiger partial charge in [0.25, 0.3) is 0 Å². The van der Waals surface area contributed by atoms with Gasteiger partial charge in [0.1, 0.15) is 0 Å². The Bertz CT molecular complexity index is 571. The molecule has 2 heterocycles. The number of ether oxygens (including phenoxy) is 3. The number of anilines is 1. The van der Waals surface area contributed by atoms with E-state index in [-0.39, 0.29) is 0 Å². The van der Waals surface area contributed by atoms with E-state index in [2.05, 4.69) is 10.3 Å². The van der Waals surface area contributed by atoms with Crippen molar-refractivity contribution in [2.45, 2.75) is 0 Å². The lowest BCUT2D eigenvalue weighted by molar-refractivity contribution is 0.174. The molecule has 19 heavy (non-hydrogen) atoms. The minimum atomic E-state index is 0.297. The van der Waals surface area contributed by atoms with Crippen LogP contribution in [0.3, 0.4) is 0 Å². The molecule has 0 fully saturated rings. The molecule has 0 unspecified atom stereocenters. The predicted molar refractivity (Wildman–Crippen MR) is 74.0 cm³/mol. The number of thiazole rings is 1. The van der Waals surface area contributed by atoms with Crippen LogP contribution in [-0.4, -0.2) is 32.0 Å². The zero-order chi connectivity index (χ0) is 13.1. The summed E-state index contributed by atoms with van der Waals surface area (Å²) in [7, 11) is 1.68. The van der Waals surface area contributed by atoms with Crippen molar-refractivity contribution in [3.05, 3.63) is 24.4 Å². The fourth-order valence-electron chi connectivity index (χ4n) is 1.80. The van der Waals surface area contributed by atoms with Crippen LogP contribution in [-0.2, 0) is 4.74 Å². The van der Waals surface area contributed by atoms with E-state index in [9.17, 15) is 0 Å². The number of fused-ring (bicyclic) bond motifs is 1. The van der Waals surface area contributed by atoms with Crippen LogP contribution in [0.2, 0.25) is 0 Å². The second kappa shape index (κ2) is 5.46. The highest BCUT2D eigenvalue weighted by molar-refractivity contribution is 7.18. The SMILES string of the molecule is COCCNc1ncc(-c2ccc3c(c2)OCO3)s1. The molecule has 100 valence electrons. The van der Waals surface area contributed by atoms with Gasteiger partial charge in [0.15, 0.2) is 16.6 Å². The first kappa shape index (κ1) is 12.3. The molecule has 5 nitrogen and oxygen atoms in total. The van der Waals surface area contributed by atoms with E-state index in [4.69, 9.17) is 14.2 Å². The second-order valence-electron chi connectivity index (χ2n) is 4.02. The van der Waals surface area contributed by atoms with E-state index in [1.54, 1.807) is 18.4 Å². The average molecular weight is 278 g/mol. The first-order chi connectivity index (χ1) is 9.36. The number of hydrogen-bond acceptors (Lipinski definition) is 6. The smallest absolute Gasteiger partial charge is 0.231 e. The van der Waals surface area contributed by atoms with Crippen molar-refractivity contribution in [3.63, 3.8) is 0 Å². The molecule has 0 bridgehead atoms. The van der Waals surface area contributed by atoms with Gasteiger partial charge in [-0.3, -0.25) is 0 Å². The molecule has 0 spiro atoms. The fourth-order valence-corrected chi connectivity index (χ4v) is 2.64. The van der Waals surface area contributed by atoms with E-state index in [0.717, 1.165) is 33.6 Å². The van der Waals surface area contributed by atoms with E-state index in [0.29, 0.717) is 13.4 Å². The van der Waals surface area contributed by atoms with Gasteiger partial charge in [0.05, 0.1) is 11.5 Å². The number of methoxy groups -OCH3 is 1. The van der Waals surface area contributed by atoms with E-state index >= 15 is 0 Å². The Morgan fingerprint density at radius 3 is 3.16 bits per heavy atom. The Balaban J connectivity index is 1.75. The van der Waals surface area contributed by atoms with E-state index in [1.807, 2.05) is 24.4 Å². The highest BCUT2D eigenvalue weighted by Crippen LogP contribution is 2.38. The molecule has 0 aliphatic carbocycles. The van der Waals surface area contributed by atoms with Crippen LogP contribution in [0.5, 0.6) is 11.5 Å². The van der Waals surface area contributed by atoms with Crippen LogP contribution >= 0.6 is 11.3 Å². The predicted octanol–water partition coefficient (Wildman–Crippen LogP) is 2.60. The topological polar surface area (TPSA) is 52.6 Å². The second-order valence-corrected chi connectivity index (χ2v) is 5.05. The number of nitrogens with one attached hydrogen (secondary N) is 1. The Labute approximate surface area is 115 Å². The van der Waals surface area contributed by atoms with Gasteiger partial charge in [-0.1, -0.05) is 11.3 Å². The van der Waals surface area contributed by atoms with Crippen molar-refractivity contribution < 1.29 is 14.2 Å². The van der Waals surface area contributed by atoms with Crippen molar-refractivity contribution in [2.75, 3.05) is 32.4 Å². The molecule has 0 atom stereocenters. The molecular weight excluding hydrogens is 264 g/mol. The van der Waals surface area contributed by atoms with Gasteiger partial charge in [-0.25, -0.2) is 4.98 Å². The molecule has 1 aliphatic heterocycles. The van der Waals surface area contributed by atoms with Gasteiger partial charge in [-0.05, 0) is 23.8 Å². The summed E-state index contributed by atoms with van der Waals surface area (Å²) in [4.78, 5) is 5.43. The van der Waals surface area contributed by atoms with E-state index in [1.165, 1.54) is 0 Å². The minimum Gasteiger partial charge on any atom is -0.454 e. The Hall–Kier alpha value is -1.79. The van der Waals surface area contributed by atoms with Crippen LogP contribution in [0.15, 0.2) is 24.4 Å². The molecular formula is C13H14N2O3S.